The summed E-state index contributed by atoms with van der Waals surface area (Å²) in [6, 6.07) is 16.2. The van der Waals surface area contributed by atoms with Gasteiger partial charge < -0.3 is 25.7 Å². The standard InChI is InChI=1S/C22H28N2O5/c1-14(16-5-3-2-4-6-16)22(29)23-17-9-7-15(8-10-17)11-24-12-19(26)21(28)20(27)18(24)13-25/h2-10,14,18-21,25-28H,11-13H2,1H3,(H,23,29)/t14-,18-,19-,20+,21+/m0/s1. The number of carbonyl (C=O) groups is 1. The van der Waals surface area contributed by atoms with E-state index in [1.807, 2.05) is 49.4 Å². The zero-order valence-electron chi connectivity index (χ0n) is 16.3. The van der Waals surface area contributed by atoms with Crippen LogP contribution >= 0.6 is 0 Å². The minimum Gasteiger partial charge on any atom is -0.395 e. The van der Waals surface area contributed by atoms with Crippen molar-refractivity contribution in [2.75, 3.05) is 18.5 Å². The molecule has 0 saturated carbocycles. The van der Waals surface area contributed by atoms with Gasteiger partial charge in [-0.05, 0) is 30.2 Å². The van der Waals surface area contributed by atoms with Crippen molar-refractivity contribution in [1.29, 1.82) is 0 Å². The van der Waals surface area contributed by atoms with Crippen LogP contribution in [0.5, 0.6) is 0 Å². The lowest BCUT2D eigenvalue weighted by Crippen LogP contribution is -2.62. The summed E-state index contributed by atoms with van der Waals surface area (Å²) in [4.78, 5) is 14.2. The first-order valence-corrected chi connectivity index (χ1v) is 9.74. The number of β-amino-alcohol motifs (C(OH)–C–C–N with tert-alkyl or cyclic N) is 1. The minimum atomic E-state index is -1.27. The van der Waals surface area contributed by atoms with E-state index in [1.165, 1.54) is 0 Å². The van der Waals surface area contributed by atoms with Crippen LogP contribution in [0.15, 0.2) is 54.6 Å². The number of likely N-dealkylation sites (tertiary alicyclic amines) is 1. The molecule has 29 heavy (non-hydrogen) atoms. The number of carbonyl (C=O) groups excluding carboxylic acids is 1. The van der Waals surface area contributed by atoms with Crippen LogP contribution in [0.1, 0.15) is 24.0 Å². The summed E-state index contributed by atoms with van der Waals surface area (Å²) < 4.78 is 0. The Labute approximate surface area is 170 Å². The molecule has 0 aliphatic carbocycles. The van der Waals surface area contributed by atoms with Gasteiger partial charge in [-0.2, -0.15) is 0 Å². The second-order valence-electron chi connectivity index (χ2n) is 7.55. The van der Waals surface area contributed by atoms with Gasteiger partial charge in [0.25, 0.3) is 0 Å². The molecule has 1 saturated heterocycles. The van der Waals surface area contributed by atoms with Gasteiger partial charge in [-0.3, -0.25) is 9.69 Å². The highest BCUT2D eigenvalue weighted by molar-refractivity contribution is 5.95. The Bertz CT molecular complexity index is 799. The van der Waals surface area contributed by atoms with Gasteiger partial charge in [-0.15, -0.1) is 0 Å². The van der Waals surface area contributed by atoms with Crippen LogP contribution in [0.2, 0.25) is 0 Å². The fraction of sp³-hybridized carbons (Fsp3) is 0.409. The van der Waals surface area contributed by atoms with E-state index in [2.05, 4.69) is 5.32 Å². The number of benzene rings is 2. The summed E-state index contributed by atoms with van der Waals surface area (Å²) in [5.74, 6) is -0.371. The highest BCUT2D eigenvalue weighted by atomic mass is 16.4. The van der Waals surface area contributed by atoms with Crippen LogP contribution in [0, 0.1) is 0 Å². The third-order valence-electron chi connectivity index (χ3n) is 5.52. The normalized spacial score (nSPS) is 26.1. The van der Waals surface area contributed by atoms with Crippen molar-refractivity contribution in [3.05, 3.63) is 65.7 Å². The van der Waals surface area contributed by atoms with Gasteiger partial charge in [-0.25, -0.2) is 0 Å². The van der Waals surface area contributed by atoms with E-state index in [-0.39, 0.29) is 25.0 Å². The number of amides is 1. The van der Waals surface area contributed by atoms with Crippen molar-refractivity contribution in [2.45, 2.75) is 43.7 Å². The van der Waals surface area contributed by atoms with Crippen molar-refractivity contribution >= 4 is 11.6 Å². The molecule has 156 valence electrons. The van der Waals surface area contributed by atoms with Gasteiger partial charge in [-0.1, -0.05) is 42.5 Å². The Kier molecular flexibility index (Phi) is 7.00. The van der Waals surface area contributed by atoms with Gasteiger partial charge in [0.1, 0.15) is 12.2 Å². The van der Waals surface area contributed by atoms with E-state index in [9.17, 15) is 25.2 Å². The van der Waals surface area contributed by atoms with Gasteiger partial charge in [0.15, 0.2) is 0 Å². The van der Waals surface area contributed by atoms with E-state index < -0.39 is 24.4 Å². The number of aliphatic hydroxyl groups is 4. The SMILES string of the molecule is C[C@H](C(=O)Nc1ccc(CN2C[C@H](O)[C@@H](O)[C@H](O)[C@@H]2CO)cc1)c1ccccc1. The summed E-state index contributed by atoms with van der Waals surface area (Å²) >= 11 is 0. The Morgan fingerprint density at radius 2 is 1.72 bits per heavy atom. The monoisotopic (exact) mass is 400 g/mol. The molecule has 3 rings (SSSR count). The van der Waals surface area contributed by atoms with Crippen LogP contribution in [-0.2, 0) is 11.3 Å². The number of piperidine rings is 1. The average Bonchev–Trinajstić information content (AvgIpc) is 2.74. The van der Waals surface area contributed by atoms with Gasteiger partial charge in [0, 0.05) is 18.8 Å². The van der Waals surface area contributed by atoms with E-state index in [0.29, 0.717) is 12.2 Å². The summed E-state index contributed by atoms with van der Waals surface area (Å²) in [6.45, 7) is 2.07. The van der Waals surface area contributed by atoms with Gasteiger partial charge in [0.2, 0.25) is 5.91 Å². The van der Waals surface area contributed by atoms with Gasteiger partial charge >= 0.3 is 0 Å². The fourth-order valence-corrected chi connectivity index (χ4v) is 3.63. The molecule has 1 heterocycles. The van der Waals surface area contributed by atoms with Crippen molar-refractivity contribution in [3.63, 3.8) is 0 Å². The molecule has 2 aromatic rings. The predicted molar refractivity (Wildman–Crippen MR) is 109 cm³/mol. The summed E-state index contributed by atoms with van der Waals surface area (Å²) in [5.41, 5.74) is 2.52. The summed E-state index contributed by atoms with van der Waals surface area (Å²) in [7, 11) is 0. The van der Waals surface area contributed by atoms with E-state index >= 15 is 0 Å². The lowest BCUT2D eigenvalue weighted by molar-refractivity contribution is -0.147. The number of rotatable bonds is 6. The molecular weight excluding hydrogens is 372 g/mol. The van der Waals surface area contributed by atoms with Crippen molar-refractivity contribution < 1.29 is 25.2 Å². The number of aliphatic hydroxyl groups excluding tert-OH is 4. The van der Waals surface area contributed by atoms with E-state index in [4.69, 9.17) is 0 Å². The Morgan fingerprint density at radius 3 is 2.34 bits per heavy atom. The topological polar surface area (TPSA) is 113 Å². The Balaban J connectivity index is 1.62. The molecule has 0 radical (unpaired) electrons. The first-order valence-electron chi connectivity index (χ1n) is 9.74. The van der Waals surface area contributed by atoms with E-state index in [0.717, 1.165) is 11.1 Å². The molecule has 7 heteroatoms. The number of anilines is 1. The van der Waals surface area contributed by atoms with Gasteiger partial charge in [0.05, 0.1) is 24.7 Å². The third-order valence-corrected chi connectivity index (χ3v) is 5.52. The molecule has 1 fully saturated rings. The molecule has 2 aromatic carbocycles. The zero-order chi connectivity index (χ0) is 21.0. The van der Waals surface area contributed by atoms with E-state index in [1.54, 1.807) is 17.0 Å². The number of nitrogens with zero attached hydrogens (tertiary/aromatic N) is 1. The second kappa shape index (κ2) is 9.47. The Hall–Kier alpha value is -2.29. The highest BCUT2D eigenvalue weighted by Crippen LogP contribution is 2.22. The maximum Gasteiger partial charge on any atom is 0.231 e. The Morgan fingerprint density at radius 1 is 1.07 bits per heavy atom. The second-order valence-corrected chi connectivity index (χ2v) is 7.55. The number of hydrogen-bond donors (Lipinski definition) is 5. The van der Waals surface area contributed by atoms with Crippen LogP contribution in [0.25, 0.3) is 0 Å². The molecule has 0 unspecified atom stereocenters. The number of nitrogens with one attached hydrogen (secondary N) is 1. The maximum absolute atomic E-state index is 12.5. The van der Waals surface area contributed by atoms with Crippen LogP contribution in [-0.4, -0.2) is 68.7 Å². The molecule has 7 nitrogen and oxygen atoms in total. The maximum atomic E-state index is 12.5. The van der Waals surface area contributed by atoms with Crippen LogP contribution < -0.4 is 5.32 Å². The van der Waals surface area contributed by atoms with Crippen LogP contribution in [0.4, 0.5) is 5.69 Å². The molecule has 5 N–H and O–H groups in total. The highest BCUT2D eigenvalue weighted by Gasteiger charge is 2.40. The lowest BCUT2D eigenvalue weighted by Gasteiger charge is -2.43. The molecule has 1 aliphatic rings. The quantitative estimate of drug-likeness (QED) is 0.488. The third kappa shape index (κ3) is 5.01. The minimum absolute atomic E-state index is 0.0967. The fourth-order valence-electron chi connectivity index (χ4n) is 3.63. The molecule has 0 spiro atoms. The van der Waals surface area contributed by atoms with Crippen LogP contribution in [0.3, 0.4) is 0 Å². The summed E-state index contributed by atoms with van der Waals surface area (Å²) in [5, 5.41) is 42.3. The molecule has 1 aliphatic heterocycles. The molecular formula is C22H28N2O5. The lowest BCUT2D eigenvalue weighted by atomic mass is 9.93. The predicted octanol–water partition coefficient (Wildman–Crippen LogP) is 0.688. The molecule has 5 atom stereocenters. The first kappa shape index (κ1) is 21.4. The average molecular weight is 400 g/mol. The van der Waals surface area contributed by atoms with Crippen molar-refractivity contribution in [1.82, 2.24) is 4.90 Å². The van der Waals surface area contributed by atoms with Crippen molar-refractivity contribution in [3.8, 4) is 0 Å². The summed E-state index contributed by atoms with van der Waals surface area (Å²) in [6.07, 6.45) is -3.57. The van der Waals surface area contributed by atoms with Crippen molar-refractivity contribution in [2.24, 2.45) is 0 Å². The molecule has 0 aromatic heterocycles. The first-order chi connectivity index (χ1) is 13.9. The molecule has 0 bridgehead atoms. The smallest absolute Gasteiger partial charge is 0.231 e. The largest absolute Gasteiger partial charge is 0.395 e. The molecule has 1 amide bonds. The number of hydrogen-bond acceptors (Lipinski definition) is 6. The zero-order valence-corrected chi connectivity index (χ0v) is 16.3.